The molecule has 3 aromatic rings. The second-order valence-corrected chi connectivity index (χ2v) is 5.24. The average molecular weight is 280 g/mol. The Labute approximate surface area is 122 Å². The van der Waals surface area contributed by atoms with Gasteiger partial charge in [0, 0.05) is 18.3 Å². The van der Waals surface area contributed by atoms with Crippen LogP contribution in [0.15, 0.2) is 36.9 Å². The lowest BCUT2D eigenvalue weighted by Crippen LogP contribution is -2.32. The maximum absolute atomic E-state index is 4.29. The summed E-state index contributed by atoms with van der Waals surface area (Å²) in [6, 6.07) is 8.88. The fraction of sp³-hybridized carbons (Fsp3) is 0.267. The predicted octanol–water partition coefficient (Wildman–Crippen LogP) is 2.19. The van der Waals surface area contributed by atoms with Crippen LogP contribution >= 0.6 is 0 Å². The fourth-order valence-corrected chi connectivity index (χ4v) is 2.77. The molecule has 0 bridgehead atoms. The Kier molecular flexibility index (Phi) is 2.92. The maximum atomic E-state index is 4.29. The van der Waals surface area contributed by atoms with E-state index in [-0.39, 0.29) is 0 Å². The number of nitrogens with zero attached hydrogens (tertiary/aromatic N) is 3. The van der Waals surface area contributed by atoms with Crippen LogP contribution in [0.1, 0.15) is 12.0 Å². The zero-order chi connectivity index (χ0) is 14.1. The van der Waals surface area contributed by atoms with Crippen LogP contribution in [0.25, 0.3) is 11.2 Å². The van der Waals surface area contributed by atoms with Crippen molar-refractivity contribution in [3.63, 3.8) is 0 Å². The Morgan fingerprint density at radius 3 is 3.14 bits per heavy atom. The largest absolute Gasteiger partial charge is 0.380 e. The Hall–Kier alpha value is -2.63. The Morgan fingerprint density at radius 1 is 1.19 bits per heavy atom. The van der Waals surface area contributed by atoms with Gasteiger partial charge in [-0.15, -0.1) is 0 Å². The second kappa shape index (κ2) is 5.05. The number of fused-ring (bicyclic) bond motifs is 2. The molecule has 6 nitrogen and oxygen atoms in total. The molecule has 1 aliphatic heterocycles. The Balaban J connectivity index is 1.47. The van der Waals surface area contributed by atoms with Crippen molar-refractivity contribution >= 4 is 22.7 Å². The van der Waals surface area contributed by atoms with E-state index < -0.39 is 0 Å². The molecule has 0 saturated heterocycles. The number of aromatic amines is 1. The summed E-state index contributed by atoms with van der Waals surface area (Å²) >= 11 is 0. The van der Waals surface area contributed by atoms with E-state index in [1.165, 1.54) is 17.6 Å². The molecule has 4 rings (SSSR count). The molecule has 3 N–H and O–H groups in total. The molecule has 0 unspecified atom stereocenters. The lowest BCUT2D eigenvalue weighted by atomic mass is 9.98. The van der Waals surface area contributed by atoms with Crippen LogP contribution in [-0.2, 0) is 6.42 Å². The van der Waals surface area contributed by atoms with Gasteiger partial charge in [0.2, 0.25) is 0 Å². The lowest BCUT2D eigenvalue weighted by Gasteiger charge is -2.27. The van der Waals surface area contributed by atoms with Crippen LogP contribution < -0.4 is 10.6 Å². The van der Waals surface area contributed by atoms with Gasteiger partial charge < -0.3 is 15.6 Å². The summed E-state index contributed by atoms with van der Waals surface area (Å²) in [5, 5.41) is 6.97. The van der Waals surface area contributed by atoms with Gasteiger partial charge in [0.1, 0.15) is 11.8 Å². The number of para-hydroxylation sites is 1. The number of rotatable bonds is 3. The van der Waals surface area contributed by atoms with Crippen LogP contribution in [0.3, 0.4) is 0 Å². The molecule has 1 atom stereocenters. The molecule has 21 heavy (non-hydrogen) atoms. The van der Waals surface area contributed by atoms with Crippen LogP contribution in [-0.4, -0.2) is 32.5 Å². The van der Waals surface area contributed by atoms with Crippen molar-refractivity contribution in [2.24, 2.45) is 0 Å². The third-order valence-corrected chi connectivity index (χ3v) is 3.88. The van der Waals surface area contributed by atoms with Crippen LogP contribution in [0, 0.1) is 0 Å². The predicted molar refractivity (Wildman–Crippen MR) is 82.3 cm³/mol. The molecule has 106 valence electrons. The van der Waals surface area contributed by atoms with Crippen molar-refractivity contribution in [2.75, 3.05) is 17.2 Å². The summed E-state index contributed by atoms with van der Waals surface area (Å²) in [7, 11) is 0. The Morgan fingerprint density at radius 2 is 2.14 bits per heavy atom. The number of hydrogen-bond donors (Lipinski definition) is 3. The van der Waals surface area contributed by atoms with Crippen molar-refractivity contribution in [3.05, 3.63) is 42.5 Å². The third kappa shape index (κ3) is 2.29. The van der Waals surface area contributed by atoms with E-state index in [4.69, 9.17) is 0 Å². The van der Waals surface area contributed by atoms with Crippen molar-refractivity contribution in [3.8, 4) is 0 Å². The highest BCUT2D eigenvalue weighted by atomic mass is 15.1. The molecule has 0 amide bonds. The van der Waals surface area contributed by atoms with Crippen LogP contribution in [0.4, 0.5) is 11.5 Å². The minimum Gasteiger partial charge on any atom is -0.380 e. The number of benzene rings is 1. The number of H-pyrrole nitrogens is 1. The SMILES string of the molecule is c1ccc2c(c1)CC[C@@H](CNc1ncnc3nc[nH]c13)N2. The smallest absolute Gasteiger partial charge is 0.182 e. The standard InChI is InChI=1S/C15H16N6/c1-2-4-12-10(3-1)5-6-11(21-12)7-16-14-13-15(18-8-17-13)20-9-19-14/h1-4,8-9,11,21H,5-7H2,(H2,16,17,18,19,20)/t11-/m0/s1. The highest BCUT2D eigenvalue weighted by molar-refractivity contribution is 5.81. The van der Waals surface area contributed by atoms with E-state index in [2.05, 4.69) is 54.8 Å². The molecule has 0 fully saturated rings. The van der Waals surface area contributed by atoms with Gasteiger partial charge in [-0.05, 0) is 24.5 Å². The lowest BCUT2D eigenvalue weighted by molar-refractivity contribution is 0.654. The molecule has 3 heterocycles. The molecule has 1 aliphatic rings. The first-order valence-electron chi connectivity index (χ1n) is 7.12. The van der Waals surface area contributed by atoms with Crippen LogP contribution in [0.5, 0.6) is 0 Å². The van der Waals surface area contributed by atoms with Crippen molar-refractivity contribution in [1.29, 1.82) is 0 Å². The average Bonchev–Trinajstić information content (AvgIpc) is 3.02. The zero-order valence-electron chi connectivity index (χ0n) is 11.5. The van der Waals surface area contributed by atoms with Gasteiger partial charge in [-0.25, -0.2) is 15.0 Å². The zero-order valence-corrected chi connectivity index (χ0v) is 11.5. The van der Waals surface area contributed by atoms with E-state index in [0.717, 1.165) is 30.7 Å². The number of anilines is 2. The molecular formula is C15H16N6. The summed E-state index contributed by atoms with van der Waals surface area (Å²) in [5.74, 6) is 0.804. The van der Waals surface area contributed by atoms with Gasteiger partial charge in [0.05, 0.1) is 6.33 Å². The first-order chi connectivity index (χ1) is 10.4. The van der Waals surface area contributed by atoms with Crippen molar-refractivity contribution in [1.82, 2.24) is 19.9 Å². The van der Waals surface area contributed by atoms with Crippen molar-refractivity contribution in [2.45, 2.75) is 18.9 Å². The molecule has 0 radical (unpaired) electrons. The van der Waals surface area contributed by atoms with E-state index in [0.29, 0.717) is 11.7 Å². The summed E-state index contributed by atoms with van der Waals surface area (Å²) in [6.07, 6.45) is 5.40. The number of imidazole rings is 1. The molecule has 0 saturated carbocycles. The molecule has 1 aromatic carbocycles. The first kappa shape index (κ1) is 12.1. The highest BCUT2D eigenvalue weighted by Crippen LogP contribution is 2.24. The van der Waals surface area contributed by atoms with E-state index in [1.54, 1.807) is 6.33 Å². The minimum atomic E-state index is 0.396. The summed E-state index contributed by atoms with van der Waals surface area (Å²) in [6.45, 7) is 0.819. The van der Waals surface area contributed by atoms with Crippen LogP contribution in [0.2, 0.25) is 0 Å². The van der Waals surface area contributed by atoms with E-state index in [9.17, 15) is 0 Å². The van der Waals surface area contributed by atoms with Gasteiger partial charge >= 0.3 is 0 Å². The first-order valence-corrected chi connectivity index (χ1v) is 7.12. The van der Waals surface area contributed by atoms with Gasteiger partial charge in [-0.1, -0.05) is 18.2 Å². The van der Waals surface area contributed by atoms with Crippen molar-refractivity contribution < 1.29 is 0 Å². The van der Waals surface area contributed by atoms with Gasteiger partial charge in [-0.3, -0.25) is 0 Å². The third-order valence-electron chi connectivity index (χ3n) is 3.88. The monoisotopic (exact) mass is 280 g/mol. The summed E-state index contributed by atoms with van der Waals surface area (Å²) < 4.78 is 0. The van der Waals surface area contributed by atoms with Gasteiger partial charge in [0.25, 0.3) is 0 Å². The maximum Gasteiger partial charge on any atom is 0.182 e. The molecular weight excluding hydrogens is 264 g/mol. The molecule has 0 aliphatic carbocycles. The van der Waals surface area contributed by atoms with E-state index >= 15 is 0 Å². The summed E-state index contributed by atoms with van der Waals surface area (Å²) in [5.41, 5.74) is 4.18. The van der Waals surface area contributed by atoms with Gasteiger partial charge in [-0.2, -0.15) is 0 Å². The van der Waals surface area contributed by atoms with E-state index in [1.807, 2.05) is 0 Å². The number of hydrogen-bond acceptors (Lipinski definition) is 5. The minimum absolute atomic E-state index is 0.396. The topological polar surface area (TPSA) is 78.5 Å². The number of aromatic nitrogens is 4. The second-order valence-electron chi connectivity index (χ2n) is 5.24. The van der Waals surface area contributed by atoms with Gasteiger partial charge in [0.15, 0.2) is 11.5 Å². The fourth-order valence-electron chi connectivity index (χ4n) is 2.77. The normalized spacial score (nSPS) is 17.2. The number of aryl methyl sites for hydroxylation is 1. The molecule has 2 aromatic heterocycles. The molecule has 6 heteroatoms. The highest BCUT2D eigenvalue weighted by Gasteiger charge is 2.17. The summed E-state index contributed by atoms with van der Waals surface area (Å²) in [4.78, 5) is 15.6. The molecule has 0 spiro atoms. The Bertz CT molecular complexity index is 765. The number of nitrogens with one attached hydrogen (secondary N) is 3. The quantitative estimate of drug-likeness (QED) is 0.685.